The summed E-state index contributed by atoms with van der Waals surface area (Å²) in [5, 5.41) is 1.64. The molecular formula is C15H12BrClN2O. The molecule has 0 amide bonds. The largest absolute Gasteiger partial charge is 0.459 e. The van der Waals surface area contributed by atoms with Crippen LogP contribution in [0.25, 0.3) is 11.0 Å². The van der Waals surface area contributed by atoms with E-state index in [1.807, 2.05) is 42.5 Å². The molecule has 0 saturated heterocycles. The fourth-order valence-corrected chi connectivity index (χ4v) is 2.91. The number of hydrazine groups is 1. The topological polar surface area (TPSA) is 51.2 Å². The Balaban J connectivity index is 2.10. The normalized spacial score (nSPS) is 12.8. The highest BCUT2D eigenvalue weighted by Gasteiger charge is 2.19. The Morgan fingerprint density at radius 3 is 2.70 bits per heavy atom. The van der Waals surface area contributed by atoms with Crippen molar-refractivity contribution in [2.75, 3.05) is 0 Å². The Kier molecular flexibility index (Phi) is 3.81. The van der Waals surface area contributed by atoms with Gasteiger partial charge >= 0.3 is 0 Å². The maximum absolute atomic E-state index is 5.99. The molecule has 3 nitrogen and oxygen atoms in total. The van der Waals surface area contributed by atoms with Gasteiger partial charge in [-0.05, 0) is 35.9 Å². The van der Waals surface area contributed by atoms with Gasteiger partial charge in [-0.25, -0.2) is 5.43 Å². The average Bonchev–Trinajstić information content (AvgIpc) is 2.84. The second-order valence-corrected chi connectivity index (χ2v) is 5.74. The minimum absolute atomic E-state index is 0.225. The molecule has 1 aromatic heterocycles. The van der Waals surface area contributed by atoms with Crippen LogP contribution in [-0.2, 0) is 0 Å². The van der Waals surface area contributed by atoms with Crippen molar-refractivity contribution >= 4 is 38.5 Å². The van der Waals surface area contributed by atoms with Crippen molar-refractivity contribution in [1.29, 1.82) is 0 Å². The van der Waals surface area contributed by atoms with Gasteiger partial charge in [0.05, 0.1) is 0 Å². The van der Waals surface area contributed by atoms with Crippen molar-refractivity contribution in [3.05, 3.63) is 69.3 Å². The van der Waals surface area contributed by atoms with Crippen LogP contribution in [0.1, 0.15) is 17.4 Å². The molecule has 0 spiro atoms. The molecule has 102 valence electrons. The van der Waals surface area contributed by atoms with Crippen molar-refractivity contribution in [2.45, 2.75) is 6.04 Å². The SMILES string of the molecule is NNC(c1cc2cc(Cl)ccc2o1)c1ccccc1Br. The van der Waals surface area contributed by atoms with Crippen LogP contribution in [0.5, 0.6) is 0 Å². The predicted octanol–water partition coefficient (Wildman–Crippen LogP) is 4.40. The zero-order valence-corrected chi connectivity index (χ0v) is 12.8. The molecule has 1 heterocycles. The number of hydrogen-bond donors (Lipinski definition) is 2. The molecule has 0 aliphatic carbocycles. The Bertz CT molecular complexity index is 756. The lowest BCUT2D eigenvalue weighted by Gasteiger charge is -2.15. The Morgan fingerprint density at radius 2 is 1.95 bits per heavy atom. The zero-order chi connectivity index (χ0) is 14.1. The van der Waals surface area contributed by atoms with E-state index < -0.39 is 0 Å². The third-order valence-electron chi connectivity index (χ3n) is 3.16. The lowest BCUT2D eigenvalue weighted by molar-refractivity contribution is 0.476. The maximum atomic E-state index is 5.99. The van der Waals surface area contributed by atoms with Crippen molar-refractivity contribution in [1.82, 2.24) is 5.43 Å². The summed E-state index contributed by atoms with van der Waals surface area (Å²) in [5.41, 5.74) is 4.60. The Morgan fingerprint density at radius 1 is 1.15 bits per heavy atom. The highest BCUT2D eigenvalue weighted by atomic mass is 79.9. The van der Waals surface area contributed by atoms with Gasteiger partial charge in [0, 0.05) is 14.9 Å². The van der Waals surface area contributed by atoms with E-state index in [2.05, 4.69) is 21.4 Å². The number of furan rings is 1. The standard InChI is InChI=1S/C15H12BrClN2O/c16-12-4-2-1-3-11(12)15(19-18)14-8-9-7-10(17)5-6-13(9)20-14/h1-8,15,19H,18H2. The molecule has 3 aromatic rings. The second-order valence-electron chi connectivity index (χ2n) is 4.45. The molecule has 1 unspecified atom stereocenters. The van der Waals surface area contributed by atoms with E-state index >= 15 is 0 Å². The summed E-state index contributed by atoms with van der Waals surface area (Å²) in [4.78, 5) is 0. The van der Waals surface area contributed by atoms with Crippen LogP contribution in [0.3, 0.4) is 0 Å². The van der Waals surface area contributed by atoms with E-state index in [4.69, 9.17) is 21.9 Å². The summed E-state index contributed by atoms with van der Waals surface area (Å²) in [5.74, 6) is 6.45. The highest BCUT2D eigenvalue weighted by Crippen LogP contribution is 2.32. The summed E-state index contributed by atoms with van der Waals surface area (Å²) in [6, 6.07) is 15.1. The van der Waals surface area contributed by atoms with Crippen molar-refractivity contribution < 1.29 is 4.42 Å². The van der Waals surface area contributed by atoms with E-state index in [1.165, 1.54) is 0 Å². The smallest absolute Gasteiger partial charge is 0.134 e. The van der Waals surface area contributed by atoms with E-state index in [0.717, 1.165) is 26.8 Å². The monoisotopic (exact) mass is 350 g/mol. The van der Waals surface area contributed by atoms with Crippen LogP contribution in [0.15, 0.2) is 57.4 Å². The van der Waals surface area contributed by atoms with Crippen LogP contribution in [-0.4, -0.2) is 0 Å². The van der Waals surface area contributed by atoms with Gasteiger partial charge in [-0.15, -0.1) is 0 Å². The summed E-state index contributed by atoms with van der Waals surface area (Å²) in [6.07, 6.45) is 0. The number of fused-ring (bicyclic) bond motifs is 1. The van der Waals surface area contributed by atoms with E-state index in [0.29, 0.717) is 5.02 Å². The molecule has 0 bridgehead atoms. The minimum Gasteiger partial charge on any atom is -0.459 e. The summed E-state index contributed by atoms with van der Waals surface area (Å²) >= 11 is 9.53. The second kappa shape index (κ2) is 5.58. The molecule has 3 N–H and O–H groups in total. The molecule has 20 heavy (non-hydrogen) atoms. The maximum Gasteiger partial charge on any atom is 0.134 e. The number of nitrogens with two attached hydrogens (primary N) is 1. The number of benzene rings is 2. The van der Waals surface area contributed by atoms with Gasteiger partial charge in [0.1, 0.15) is 17.4 Å². The van der Waals surface area contributed by atoms with Crippen LogP contribution in [0, 0.1) is 0 Å². The number of nitrogens with one attached hydrogen (secondary N) is 1. The molecule has 1 atom stereocenters. The summed E-state index contributed by atoms with van der Waals surface area (Å²) in [6.45, 7) is 0. The van der Waals surface area contributed by atoms with Crippen LogP contribution in [0.4, 0.5) is 0 Å². The number of hydrogen-bond acceptors (Lipinski definition) is 3. The predicted molar refractivity (Wildman–Crippen MR) is 84.5 cm³/mol. The first-order valence-corrected chi connectivity index (χ1v) is 7.25. The minimum atomic E-state index is -0.225. The van der Waals surface area contributed by atoms with Crippen molar-refractivity contribution in [2.24, 2.45) is 5.84 Å². The van der Waals surface area contributed by atoms with Gasteiger partial charge in [-0.2, -0.15) is 0 Å². The van der Waals surface area contributed by atoms with Gasteiger partial charge in [0.25, 0.3) is 0 Å². The molecule has 3 rings (SSSR count). The lowest BCUT2D eigenvalue weighted by atomic mass is 10.1. The molecule has 0 aliphatic heterocycles. The van der Waals surface area contributed by atoms with Crippen molar-refractivity contribution in [3.63, 3.8) is 0 Å². The van der Waals surface area contributed by atoms with Crippen LogP contribution in [0.2, 0.25) is 5.02 Å². The first kappa shape index (κ1) is 13.6. The zero-order valence-electron chi connectivity index (χ0n) is 10.4. The first-order chi connectivity index (χ1) is 9.69. The van der Waals surface area contributed by atoms with E-state index in [-0.39, 0.29) is 6.04 Å². The molecule has 2 aromatic carbocycles. The van der Waals surface area contributed by atoms with Gasteiger partial charge in [-0.1, -0.05) is 45.7 Å². The first-order valence-electron chi connectivity index (χ1n) is 6.08. The van der Waals surface area contributed by atoms with E-state index in [1.54, 1.807) is 6.07 Å². The molecule has 0 fully saturated rings. The fourth-order valence-electron chi connectivity index (χ4n) is 2.21. The third kappa shape index (κ3) is 2.47. The molecule has 0 radical (unpaired) electrons. The van der Waals surface area contributed by atoms with E-state index in [9.17, 15) is 0 Å². The number of rotatable bonds is 3. The average molecular weight is 352 g/mol. The molecule has 0 aliphatic rings. The third-order valence-corrected chi connectivity index (χ3v) is 4.12. The quantitative estimate of drug-likeness (QED) is 0.543. The van der Waals surface area contributed by atoms with Gasteiger partial charge in [0.2, 0.25) is 0 Å². The van der Waals surface area contributed by atoms with Crippen LogP contribution >= 0.6 is 27.5 Å². The molecule has 0 saturated carbocycles. The summed E-state index contributed by atoms with van der Waals surface area (Å²) in [7, 11) is 0. The number of halogens is 2. The Labute approximate surface area is 129 Å². The highest BCUT2D eigenvalue weighted by molar-refractivity contribution is 9.10. The van der Waals surface area contributed by atoms with Gasteiger partial charge in [-0.3, -0.25) is 5.84 Å². The van der Waals surface area contributed by atoms with Gasteiger partial charge in [0.15, 0.2) is 0 Å². The van der Waals surface area contributed by atoms with Crippen LogP contribution < -0.4 is 11.3 Å². The lowest BCUT2D eigenvalue weighted by Crippen LogP contribution is -2.28. The molecular weight excluding hydrogens is 340 g/mol. The van der Waals surface area contributed by atoms with Crippen molar-refractivity contribution in [3.8, 4) is 0 Å². The molecule has 5 heteroatoms. The Hall–Kier alpha value is -1.33. The summed E-state index contributed by atoms with van der Waals surface area (Å²) < 4.78 is 6.84. The van der Waals surface area contributed by atoms with Gasteiger partial charge < -0.3 is 4.42 Å². The fraction of sp³-hybridized carbons (Fsp3) is 0.0667.